The lowest BCUT2D eigenvalue weighted by Gasteiger charge is -2.31. The molecule has 1 atom stereocenters. The number of nitrogens with zero attached hydrogens (tertiary/aromatic N) is 3. The molecule has 126 valence electrons. The fraction of sp³-hybridized carbons (Fsp3) is 0.600. The maximum absolute atomic E-state index is 12.9. The number of sulfonamides is 1. The maximum atomic E-state index is 12.9. The van der Waals surface area contributed by atoms with Crippen LogP contribution in [0.3, 0.4) is 0 Å². The molecule has 8 heteroatoms. The molecule has 3 rings (SSSR count). The van der Waals surface area contributed by atoms with Crippen molar-refractivity contribution >= 4 is 21.8 Å². The van der Waals surface area contributed by atoms with Crippen LogP contribution < -0.4 is 5.32 Å². The van der Waals surface area contributed by atoms with Gasteiger partial charge < -0.3 is 15.1 Å². The van der Waals surface area contributed by atoms with Gasteiger partial charge in [0.15, 0.2) is 0 Å². The first-order chi connectivity index (χ1) is 11.0. The van der Waals surface area contributed by atoms with Crippen molar-refractivity contribution in [1.82, 2.24) is 15.1 Å². The fourth-order valence-corrected chi connectivity index (χ4v) is 4.06. The zero-order valence-electron chi connectivity index (χ0n) is 13.2. The van der Waals surface area contributed by atoms with Crippen LogP contribution in [-0.4, -0.2) is 67.9 Å². The van der Waals surface area contributed by atoms with Crippen LogP contribution in [0.1, 0.15) is 19.8 Å². The number of hydrogen-bond donors (Lipinski definition) is 1. The highest BCUT2D eigenvalue weighted by atomic mass is 32.2. The maximum Gasteiger partial charge on any atom is 0.256 e. The lowest BCUT2D eigenvalue weighted by Crippen LogP contribution is -2.44. The molecule has 1 N–H and O–H groups in total. The summed E-state index contributed by atoms with van der Waals surface area (Å²) in [6.07, 6.45) is 6.89. The Balaban J connectivity index is 1.80. The fourth-order valence-electron chi connectivity index (χ4n) is 3.09. The molecule has 3 heterocycles. The van der Waals surface area contributed by atoms with Crippen molar-refractivity contribution in [3.63, 3.8) is 0 Å². The minimum atomic E-state index is -3.37. The van der Waals surface area contributed by atoms with Gasteiger partial charge in [0.25, 0.3) is 15.9 Å². The van der Waals surface area contributed by atoms with Crippen molar-refractivity contribution in [2.45, 2.75) is 25.8 Å². The van der Waals surface area contributed by atoms with Gasteiger partial charge in [-0.2, -0.15) is 0 Å². The van der Waals surface area contributed by atoms with Gasteiger partial charge in [0.1, 0.15) is 5.84 Å². The van der Waals surface area contributed by atoms with Gasteiger partial charge in [-0.3, -0.25) is 4.79 Å². The van der Waals surface area contributed by atoms with E-state index in [9.17, 15) is 13.2 Å². The largest absolute Gasteiger partial charge is 0.334 e. The molecule has 1 unspecified atom stereocenters. The molecule has 0 spiro atoms. The number of rotatable bonds is 4. The summed E-state index contributed by atoms with van der Waals surface area (Å²) < 4.78 is 26.8. The summed E-state index contributed by atoms with van der Waals surface area (Å²) in [4.78, 5) is 16.5. The van der Waals surface area contributed by atoms with E-state index >= 15 is 0 Å². The van der Waals surface area contributed by atoms with Crippen molar-refractivity contribution in [1.29, 1.82) is 0 Å². The molecule has 0 aromatic rings. The average molecular weight is 338 g/mol. The van der Waals surface area contributed by atoms with Crippen molar-refractivity contribution in [2.24, 2.45) is 4.40 Å². The van der Waals surface area contributed by atoms with Crippen molar-refractivity contribution in [3.8, 4) is 0 Å². The molecule has 0 radical (unpaired) electrons. The van der Waals surface area contributed by atoms with Gasteiger partial charge >= 0.3 is 0 Å². The zero-order valence-corrected chi connectivity index (χ0v) is 14.1. The van der Waals surface area contributed by atoms with E-state index in [1.54, 1.807) is 23.3 Å². The van der Waals surface area contributed by atoms with Crippen LogP contribution in [0, 0.1) is 0 Å². The smallest absolute Gasteiger partial charge is 0.256 e. The van der Waals surface area contributed by atoms with Crippen molar-refractivity contribution in [2.75, 3.05) is 31.9 Å². The predicted octanol–water partition coefficient (Wildman–Crippen LogP) is 0.0845. The van der Waals surface area contributed by atoms with Gasteiger partial charge in [0.2, 0.25) is 0 Å². The molecule has 0 saturated carbocycles. The monoisotopic (exact) mass is 338 g/mol. The topological polar surface area (TPSA) is 82.1 Å². The predicted molar refractivity (Wildman–Crippen MR) is 88.4 cm³/mol. The SMILES string of the molecule is CCCN(C(=O)C1=CN2CCS(=O)(=O)N=C2C=C1)C1CCNC1. The summed E-state index contributed by atoms with van der Waals surface area (Å²) in [5.74, 6) is 0.370. The average Bonchev–Trinajstić information content (AvgIpc) is 3.05. The first-order valence-electron chi connectivity index (χ1n) is 8.01. The molecule has 3 aliphatic heterocycles. The molecule has 0 aromatic carbocycles. The first-order valence-corrected chi connectivity index (χ1v) is 9.62. The van der Waals surface area contributed by atoms with Gasteiger partial charge in [-0.25, -0.2) is 8.42 Å². The van der Waals surface area contributed by atoms with Crippen LogP contribution in [0.15, 0.2) is 28.3 Å². The zero-order chi connectivity index (χ0) is 16.4. The molecule has 3 aliphatic rings. The Kier molecular flexibility index (Phi) is 4.54. The molecule has 1 saturated heterocycles. The van der Waals surface area contributed by atoms with Gasteiger partial charge in [0.05, 0.1) is 11.3 Å². The van der Waals surface area contributed by atoms with Crippen LogP contribution in [0.5, 0.6) is 0 Å². The molecule has 1 fully saturated rings. The Morgan fingerprint density at radius 3 is 3.00 bits per heavy atom. The normalized spacial score (nSPS) is 25.6. The van der Waals surface area contributed by atoms with Gasteiger partial charge in [-0.1, -0.05) is 6.92 Å². The Morgan fingerprint density at radius 2 is 2.30 bits per heavy atom. The summed E-state index contributed by atoms with van der Waals surface area (Å²) in [5, 5.41) is 3.30. The van der Waals surface area contributed by atoms with E-state index in [0.29, 0.717) is 18.0 Å². The third-order valence-corrected chi connectivity index (χ3v) is 5.44. The molecule has 0 bridgehead atoms. The summed E-state index contributed by atoms with van der Waals surface area (Å²) in [7, 11) is -3.37. The summed E-state index contributed by atoms with van der Waals surface area (Å²) in [6, 6.07) is 0.230. The molecule has 0 aliphatic carbocycles. The molecule has 0 aromatic heterocycles. The first kappa shape index (κ1) is 16.2. The van der Waals surface area contributed by atoms with Crippen molar-refractivity contribution in [3.05, 3.63) is 23.9 Å². The minimum Gasteiger partial charge on any atom is -0.334 e. The Morgan fingerprint density at radius 1 is 1.48 bits per heavy atom. The van der Waals surface area contributed by atoms with E-state index in [1.807, 2.05) is 4.90 Å². The quantitative estimate of drug-likeness (QED) is 0.785. The second-order valence-corrected chi connectivity index (χ2v) is 7.75. The Hall–Kier alpha value is -1.67. The van der Waals surface area contributed by atoms with E-state index < -0.39 is 10.0 Å². The van der Waals surface area contributed by atoms with Crippen molar-refractivity contribution < 1.29 is 13.2 Å². The van der Waals surface area contributed by atoms with Crippen LogP contribution >= 0.6 is 0 Å². The molecule has 23 heavy (non-hydrogen) atoms. The molecule has 1 amide bonds. The number of amides is 1. The third-order valence-electron chi connectivity index (χ3n) is 4.27. The number of fused-ring (bicyclic) bond motifs is 1. The summed E-state index contributed by atoms with van der Waals surface area (Å²) in [5.41, 5.74) is 0.587. The lowest BCUT2D eigenvalue weighted by atomic mass is 10.1. The third kappa shape index (κ3) is 3.48. The van der Waals surface area contributed by atoms with Crippen LogP contribution in [0.4, 0.5) is 0 Å². The number of amidine groups is 1. The van der Waals surface area contributed by atoms with Crippen LogP contribution in [0.2, 0.25) is 0 Å². The summed E-state index contributed by atoms with van der Waals surface area (Å²) >= 11 is 0. The second-order valence-electron chi connectivity index (χ2n) is 5.99. The lowest BCUT2D eigenvalue weighted by molar-refractivity contribution is -0.128. The molecule has 7 nitrogen and oxygen atoms in total. The van der Waals surface area contributed by atoms with Gasteiger partial charge in [-0.15, -0.1) is 4.40 Å². The number of carbonyl (C=O) groups excluding carboxylic acids is 1. The minimum absolute atomic E-state index is 0.00396. The van der Waals surface area contributed by atoms with E-state index in [1.165, 1.54) is 0 Å². The highest BCUT2D eigenvalue weighted by Crippen LogP contribution is 2.19. The number of carbonyl (C=O) groups is 1. The Bertz CT molecular complexity index is 675. The standard InChI is InChI=1S/C15H22N4O3S/c1-2-7-19(13-5-6-16-10-13)15(20)12-3-4-14-17-23(21,22)9-8-18(14)11-12/h3-4,11,13,16H,2,5-10H2,1H3. The van der Waals surface area contributed by atoms with Gasteiger partial charge in [0, 0.05) is 31.9 Å². The van der Waals surface area contributed by atoms with Gasteiger partial charge in [-0.05, 0) is 31.5 Å². The van der Waals surface area contributed by atoms with E-state index in [0.717, 1.165) is 32.5 Å². The van der Waals surface area contributed by atoms with Crippen LogP contribution in [0.25, 0.3) is 0 Å². The van der Waals surface area contributed by atoms with Crippen LogP contribution in [-0.2, 0) is 14.8 Å². The molecular weight excluding hydrogens is 316 g/mol. The Labute approximate surface area is 136 Å². The highest BCUT2D eigenvalue weighted by molar-refractivity contribution is 7.90. The molecular formula is C15H22N4O3S. The second kappa shape index (κ2) is 6.45. The highest BCUT2D eigenvalue weighted by Gasteiger charge is 2.30. The number of nitrogens with one attached hydrogen (secondary N) is 1. The summed E-state index contributed by atoms with van der Waals surface area (Å²) in [6.45, 7) is 4.89. The van der Waals surface area contributed by atoms with E-state index in [2.05, 4.69) is 16.6 Å². The van der Waals surface area contributed by atoms with E-state index in [-0.39, 0.29) is 17.7 Å². The van der Waals surface area contributed by atoms with E-state index in [4.69, 9.17) is 0 Å². The number of hydrogen-bond acceptors (Lipinski definition) is 5.